The van der Waals surface area contributed by atoms with Gasteiger partial charge in [0.2, 0.25) is 11.8 Å². The smallest absolute Gasteiger partial charge is 0.250 e. The van der Waals surface area contributed by atoms with Crippen LogP contribution in [0.3, 0.4) is 0 Å². The Morgan fingerprint density at radius 1 is 1.33 bits per heavy atom. The van der Waals surface area contributed by atoms with E-state index in [0.717, 1.165) is 0 Å². The Labute approximate surface area is 109 Å². The molecule has 0 aromatic heterocycles. The van der Waals surface area contributed by atoms with Gasteiger partial charge in [-0.05, 0) is 18.2 Å². The van der Waals surface area contributed by atoms with Crippen LogP contribution < -0.4 is 16.4 Å². The van der Waals surface area contributed by atoms with Crippen LogP contribution >= 0.6 is 11.6 Å². The average Bonchev–Trinajstić information content (AvgIpc) is 2.33. The second-order valence-corrected chi connectivity index (χ2v) is 3.84. The molecule has 0 heterocycles. The summed E-state index contributed by atoms with van der Waals surface area (Å²) >= 11 is 5.96. The number of amides is 2. The molecule has 0 atom stereocenters. The zero-order chi connectivity index (χ0) is 13.5. The number of nitrogens with two attached hydrogens (primary N) is 1. The Kier molecular flexibility index (Phi) is 5.57. The van der Waals surface area contributed by atoms with Crippen LogP contribution in [0.2, 0.25) is 5.02 Å². The van der Waals surface area contributed by atoms with Gasteiger partial charge in [0.15, 0.2) is 0 Å². The Morgan fingerprint density at radius 3 is 2.61 bits per heavy atom. The predicted molar refractivity (Wildman–Crippen MR) is 69.6 cm³/mol. The van der Waals surface area contributed by atoms with Gasteiger partial charge >= 0.3 is 0 Å². The van der Waals surface area contributed by atoms with Gasteiger partial charge in [0.25, 0.3) is 0 Å². The molecule has 98 valence electrons. The number of halogens is 1. The minimum absolute atomic E-state index is 0.0536. The van der Waals surface area contributed by atoms with E-state index in [1.54, 1.807) is 12.1 Å². The molecule has 6 nitrogen and oxygen atoms in total. The Balaban J connectivity index is 2.73. The highest BCUT2D eigenvalue weighted by atomic mass is 35.5. The van der Waals surface area contributed by atoms with Crippen molar-refractivity contribution in [2.45, 2.75) is 0 Å². The molecule has 1 aromatic rings. The van der Waals surface area contributed by atoms with E-state index in [9.17, 15) is 9.59 Å². The summed E-state index contributed by atoms with van der Waals surface area (Å²) in [6, 6.07) is 4.72. The summed E-state index contributed by atoms with van der Waals surface area (Å²) in [4.78, 5) is 22.4. The molecule has 1 rings (SSSR count). The summed E-state index contributed by atoms with van der Waals surface area (Å²) < 4.78 is 4.68. The van der Waals surface area contributed by atoms with Crippen LogP contribution in [0.15, 0.2) is 18.2 Å². The first-order chi connectivity index (χ1) is 8.56. The van der Waals surface area contributed by atoms with Crippen molar-refractivity contribution in [1.29, 1.82) is 0 Å². The van der Waals surface area contributed by atoms with E-state index in [2.05, 4.69) is 15.4 Å². The lowest BCUT2D eigenvalue weighted by Crippen LogP contribution is -2.22. The van der Waals surface area contributed by atoms with Crippen LogP contribution in [0.5, 0.6) is 0 Å². The monoisotopic (exact) mass is 271 g/mol. The topological polar surface area (TPSA) is 93.5 Å². The van der Waals surface area contributed by atoms with Gasteiger partial charge in [-0.2, -0.15) is 0 Å². The Morgan fingerprint density at radius 2 is 2.06 bits per heavy atom. The first-order valence-corrected chi connectivity index (χ1v) is 5.53. The first kappa shape index (κ1) is 14.4. The maximum Gasteiger partial charge on any atom is 0.250 e. The van der Waals surface area contributed by atoms with Crippen molar-refractivity contribution in [1.82, 2.24) is 0 Å². The molecule has 18 heavy (non-hydrogen) atoms. The van der Waals surface area contributed by atoms with E-state index in [1.165, 1.54) is 13.2 Å². The zero-order valence-electron chi connectivity index (χ0n) is 9.83. The average molecular weight is 272 g/mol. The normalized spacial score (nSPS) is 9.94. The molecule has 0 unspecified atom stereocenters. The molecule has 2 amide bonds. The van der Waals surface area contributed by atoms with Crippen LogP contribution in [0, 0.1) is 0 Å². The maximum absolute atomic E-state index is 11.3. The van der Waals surface area contributed by atoms with Crippen LogP contribution in [0.1, 0.15) is 0 Å². The highest BCUT2D eigenvalue weighted by molar-refractivity contribution is 6.34. The molecule has 0 aliphatic heterocycles. The van der Waals surface area contributed by atoms with E-state index in [0.29, 0.717) is 16.4 Å². The Bertz CT molecular complexity index is 451. The van der Waals surface area contributed by atoms with E-state index >= 15 is 0 Å². The summed E-state index contributed by atoms with van der Waals surface area (Å²) in [6.07, 6.45) is 0. The number of hydrogen-bond acceptors (Lipinski definition) is 4. The van der Waals surface area contributed by atoms with Gasteiger partial charge in [-0.15, -0.1) is 0 Å². The lowest BCUT2D eigenvalue weighted by molar-refractivity contribution is -0.119. The van der Waals surface area contributed by atoms with Crippen LogP contribution in [-0.4, -0.2) is 32.1 Å². The van der Waals surface area contributed by atoms with E-state index in [1.807, 2.05) is 0 Å². The molecule has 0 aliphatic carbocycles. The summed E-state index contributed by atoms with van der Waals surface area (Å²) in [5.74, 6) is -0.625. The number of carbonyl (C=O) groups excluding carboxylic acids is 2. The summed E-state index contributed by atoms with van der Waals surface area (Å²) in [5.41, 5.74) is 6.13. The third-order valence-electron chi connectivity index (χ3n) is 1.99. The summed E-state index contributed by atoms with van der Waals surface area (Å²) in [7, 11) is 1.42. The van der Waals surface area contributed by atoms with Gasteiger partial charge < -0.3 is 21.1 Å². The highest BCUT2D eigenvalue weighted by Crippen LogP contribution is 2.25. The molecular formula is C11H14ClN3O3. The number of benzene rings is 1. The molecule has 0 aliphatic rings. The quantitative estimate of drug-likeness (QED) is 0.739. The SMILES string of the molecule is COCC(=O)Nc1ccc(NC(=O)CN)cc1Cl. The van der Waals surface area contributed by atoms with Gasteiger partial charge in [0.1, 0.15) is 6.61 Å². The van der Waals surface area contributed by atoms with Gasteiger partial charge in [-0.25, -0.2) is 0 Å². The van der Waals surface area contributed by atoms with Crippen LogP contribution in [0.25, 0.3) is 0 Å². The minimum Gasteiger partial charge on any atom is -0.375 e. The summed E-state index contributed by atoms with van der Waals surface area (Å²) in [6.45, 7) is -0.161. The molecule has 0 saturated carbocycles. The second kappa shape index (κ2) is 6.95. The van der Waals surface area contributed by atoms with Crippen molar-refractivity contribution in [2.75, 3.05) is 30.9 Å². The predicted octanol–water partition coefficient (Wildman–Crippen LogP) is 0.822. The molecular weight excluding hydrogens is 258 g/mol. The van der Waals surface area contributed by atoms with Crippen LogP contribution in [0.4, 0.5) is 11.4 Å². The van der Waals surface area contributed by atoms with E-state index in [4.69, 9.17) is 17.3 Å². The van der Waals surface area contributed by atoms with Gasteiger partial charge in [-0.1, -0.05) is 11.6 Å². The first-order valence-electron chi connectivity index (χ1n) is 5.15. The molecule has 4 N–H and O–H groups in total. The largest absolute Gasteiger partial charge is 0.375 e. The van der Waals surface area contributed by atoms with Crippen LogP contribution in [-0.2, 0) is 14.3 Å². The standard InChI is InChI=1S/C11H14ClN3O3/c1-18-6-11(17)15-9-3-2-7(4-8(9)12)14-10(16)5-13/h2-4H,5-6,13H2,1H3,(H,14,16)(H,15,17). The number of ether oxygens (including phenoxy) is 1. The number of methoxy groups -OCH3 is 1. The van der Waals surface area contributed by atoms with Gasteiger partial charge in [0.05, 0.1) is 17.3 Å². The minimum atomic E-state index is -0.317. The van der Waals surface area contributed by atoms with E-state index < -0.39 is 0 Å². The highest BCUT2D eigenvalue weighted by Gasteiger charge is 2.07. The van der Waals surface area contributed by atoms with Gasteiger partial charge in [-0.3, -0.25) is 9.59 Å². The number of nitrogens with one attached hydrogen (secondary N) is 2. The number of anilines is 2. The molecule has 0 spiro atoms. The fourth-order valence-corrected chi connectivity index (χ4v) is 1.45. The maximum atomic E-state index is 11.3. The van der Waals surface area contributed by atoms with Crippen molar-refractivity contribution in [2.24, 2.45) is 5.73 Å². The second-order valence-electron chi connectivity index (χ2n) is 3.43. The number of carbonyl (C=O) groups is 2. The molecule has 7 heteroatoms. The fraction of sp³-hybridized carbons (Fsp3) is 0.273. The number of hydrogen-bond donors (Lipinski definition) is 3. The third-order valence-corrected chi connectivity index (χ3v) is 2.30. The lowest BCUT2D eigenvalue weighted by Gasteiger charge is -2.09. The number of rotatable bonds is 5. The van der Waals surface area contributed by atoms with E-state index in [-0.39, 0.29) is 25.0 Å². The zero-order valence-corrected chi connectivity index (χ0v) is 10.6. The molecule has 0 fully saturated rings. The van der Waals surface area contributed by atoms with Crippen molar-refractivity contribution < 1.29 is 14.3 Å². The molecule has 0 radical (unpaired) electrons. The van der Waals surface area contributed by atoms with Crippen molar-refractivity contribution >= 4 is 34.8 Å². The molecule has 0 bridgehead atoms. The van der Waals surface area contributed by atoms with Crippen molar-refractivity contribution in [3.05, 3.63) is 23.2 Å². The van der Waals surface area contributed by atoms with Crippen molar-refractivity contribution in [3.8, 4) is 0 Å². The van der Waals surface area contributed by atoms with Crippen molar-refractivity contribution in [3.63, 3.8) is 0 Å². The fourth-order valence-electron chi connectivity index (χ4n) is 1.22. The van der Waals surface area contributed by atoms with Gasteiger partial charge in [0, 0.05) is 12.8 Å². The molecule has 1 aromatic carbocycles. The summed E-state index contributed by atoms with van der Waals surface area (Å²) in [5, 5.41) is 5.44. The third kappa shape index (κ3) is 4.33. The Hall–Kier alpha value is -1.63. The lowest BCUT2D eigenvalue weighted by atomic mass is 10.2. The molecule has 0 saturated heterocycles.